The van der Waals surface area contributed by atoms with Crippen molar-refractivity contribution in [3.8, 4) is 0 Å². The predicted molar refractivity (Wildman–Crippen MR) is 76.8 cm³/mol. The molecule has 1 amide bonds. The fourth-order valence-corrected chi connectivity index (χ4v) is 1.86. The number of rotatable bonds is 5. The molecule has 0 unspecified atom stereocenters. The molecule has 2 aromatic rings. The molecule has 0 saturated carbocycles. The summed E-state index contributed by atoms with van der Waals surface area (Å²) in [5.41, 5.74) is 0.645. The van der Waals surface area contributed by atoms with Gasteiger partial charge in [-0.25, -0.2) is 9.18 Å². The lowest BCUT2D eigenvalue weighted by Crippen LogP contribution is -2.31. The van der Waals surface area contributed by atoms with E-state index in [4.69, 9.17) is 0 Å². The maximum atomic E-state index is 13.2. The van der Waals surface area contributed by atoms with E-state index in [2.05, 4.69) is 15.0 Å². The highest BCUT2D eigenvalue weighted by Gasteiger charge is 2.19. The van der Waals surface area contributed by atoms with Crippen molar-refractivity contribution in [3.63, 3.8) is 0 Å². The van der Waals surface area contributed by atoms with E-state index in [1.54, 1.807) is 0 Å². The number of methoxy groups -OCH3 is 1. The van der Waals surface area contributed by atoms with Gasteiger partial charge in [0.25, 0.3) is 11.7 Å². The second kappa shape index (κ2) is 6.66. The van der Waals surface area contributed by atoms with E-state index in [-0.39, 0.29) is 12.1 Å². The molecule has 0 spiro atoms. The number of aromatic amines is 1. The van der Waals surface area contributed by atoms with E-state index in [9.17, 15) is 18.8 Å². The Kier molecular flexibility index (Phi) is 4.67. The third kappa shape index (κ3) is 3.38. The van der Waals surface area contributed by atoms with Crippen molar-refractivity contribution in [1.29, 1.82) is 0 Å². The number of carbonyl (C=O) groups is 3. The number of esters is 1. The van der Waals surface area contributed by atoms with Gasteiger partial charge < -0.3 is 15.0 Å². The number of hydrogen-bond donors (Lipinski definition) is 2. The SMILES string of the molecule is COC(=O)/C=C/CNC(=O)C(=O)c1c[nH]c2ccc(F)cc12. The lowest BCUT2D eigenvalue weighted by Gasteiger charge is -2.01. The molecule has 1 heterocycles. The summed E-state index contributed by atoms with van der Waals surface area (Å²) in [5, 5.41) is 2.68. The summed E-state index contributed by atoms with van der Waals surface area (Å²) in [6, 6.07) is 3.92. The largest absolute Gasteiger partial charge is 0.466 e. The summed E-state index contributed by atoms with van der Waals surface area (Å²) < 4.78 is 17.6. The summed E-state index contributed by atoms with van der Waals surface area (Å²) in [5.74, 6) is -2.70. The second-order valence-electron chi connectivity index (χ2n) is 4.36. The number of hydrogen-bond acceptors (Lipinski definition) is 4. The number of aromatic nitrogens is 1. The number of amides is 1. The normalized spacial score (nSPS) is 10.8. The van der Waals surface area contributed by atoms with Crippen molar-refractivity contribution in [1.82, 2.24) is 10.3 Å². The van der Waals surface area contributed by atoms with Crippen LogP contribution in [0.4, 0.5) is 4.39 Å². The molecular formula is C15H13FN2O4. The molecule has 2 N–H and O–H groups in total. The minimum Gasteiger partial charge on any atom is -0.466 e. The number of ether oxygens (including phenoxy) is 1. The van der Waals surface area contributed by atoms with Crippen LogP contribution in [0.1, 0.15) is 10.4 Å². The molecule has 0 fully saturated rings. The summed E-state index contributed by atoms with van der Waals surface area (Å²) >= 11 is 0. The van der Waals surface area contributed by atoms with Gasteiger partial charge in [0.1, 0.15) is 5.82 Å². The molecule has 1 aromatic carbocycles. The van der Waals surface area contributed by atoms with Gasteiger partial charge in [0.2, 0.25) is 0 Å². The predicted octanol–water partition coefficient (Wildman–Crippen LogP) is 1.34. The number of H-pyrrole nitrogens is 1. The van der Waals surface area contributed by atoms with Crippen LogP contribution in [0.25, 0.3) is 10.9 Å². The van der Waals surface area contributed by atoms with Crippen LogP contribution in [0.15, 0.2) is 36.5 Å². The molecule has 6 nitrogen and oxygen atoms in total. The lowest BCUT2D eigenvalue weighted by atomic mass is 10.1. The molecule has 0 aliphatic carbocycles. The van der Waals surface area contributed by atoms with Gasteiger partial charge in [-0.2, -0.15) is 0 Å². The molecule has 114 valence electrons. The first kappa shape index (κ1) is 15.4. The van der Waals surface area contributed by atoms with E-state index >= 15 is 0 Å². The number of carbonyl (C=O) groups excluding carboxylic acids is 3. The third-order valence-electron chi connectivity index (χ3n) is 2.93. The highest BCUT2D eigenvalue weighted by atomic mass is 19.1. The molecule has 22 heavy (non-hydrogen) atoms. The fraction of sp³-hybridized carbons (Fsp3) is 0.133. The summed E-state index contributed by atoms with van der Waals surface area (Å²) in [4.78, 5) is 37.4. The maximum absolute atomic E-state index is 13.2. The van der Waals surface area contributed by atoms with Crippen molar-refractivity contribution in [2.24, 2.45) is 0 Å². The van der Waals surface area contributed by atoms with Crippen molar-refractivity contribution < 1.29 is 23.5 Å². The number of nitrogens with one attached hydrogen (secondary N) is 2. The minimum absolute atomic E-state index is 0.00358. The monoisotopic (exact) mass is 304 g/mol. The number of benzene rings is 1. The summed E-state index contributed by atoms with van der Waals surface area (Å²) in [7, 11) is 1.23. The van der Waals surface area contributed by atoms with Crippen LogP contribution in [0.5, 0.6) is 0 Å². The van der Waals surface area contributed by atoms with Crippen LogP contribution in [0.3, 0.4) is 0 Å². The topological polar surface area (TPSA) is 88.3 Å². The fourth-order valence-electron chi connectivity index (χ4n) is 1.86. The lowest BCUT2D eigenvalue weighted by molar-refractivity contribution is -0.134. The molecule has 0 aliphatic rings. The zero-order valence-corrected chi connectivity index (χ0v) is 11.7. The summed E-state index contributed by atoms with van der Waals surface area (Å²) in [6.07, 6.45) is 3.84. The van der Waals surface area contributed by atoms with Crippen LogP contribution in [-0.4, -0.2) is 36.3 Å². The molecule has 0 radical (unpaired) electrons. The Bertz CT molecular complexity index is 764. The maximum Gasteiger partial charge on any atom is 0.330 e. The molecule has 1 aromatic heterocycles. The Hall–Kier alpha value is -2.96. The Morgan fingerprint density at radius 3 is 2.86 bits per heavy atom. The zero-order chi connectivity index (χ0) is 16.1. The van der Waals surface area contributed by atoms with Crippen molar-refractivity contribution >= 4 is 28.6 Å². The first-order valence-electron chi connectivity index (χ1n) is 6.36. The van der Waals surface area contributed by atoms with E-state index in [0.717, 1.165) is 6.08 Å². The minimum atomic E-state index is -0.848. The van der Waals surface area contributed by atoms with Gasteiger partial charge >= 0.3 is 5.97 Å². The van der Waals surface area contributed by atoms with Crippen molar-refractivity contribution in [2.45, 2.75) is 0 Å². The molecule has 2 rings (SSSR count). The van der Waals surface area contributed by atoms with E-state index in [1.165, 1.54) is 37.6 Å². The quantitative estimate of drug-likeness (QED) is 0.377. The average Bonchev–Trinajstić information content (AvgIpc) is 2.93. The van der Waals surface area contributed by atoms with Crippen LogP contribution in [0, 0.1) is 5.82 Å². The molecule has 0 saturated heterocycles. The van der Waals surface area contributed by atoms with Gasteiger partial charge in [0, 0.05) is 29.7 Å². The molecule has 7 heteroatoms. The number of Topliss-reactive ketones (excluding diaryl/α,β-unsaturated/α-hetero) is 1. The summed E-state index contributed by atoms with van der Waals surface area (Å²) in [6.45, 7) is -0.00358. The highest BCUT2D eigenvalue weighted by Crippen LogP contribution is 2.19. The second-order valence-corrected chi connectivity index (χ2v) is 4.36. The Morgan fingerprint density at radius 2 is 2.14 bits per heavy atom. The van der Waals surface area contributed by atoms with Gasteiger partial charge in [-0.05, 0) is 18.2 Å². The molecular weight excluding hydrogens is 291 g/mol. The van der Waals surface area contributed by atoms with Gasteiger partial charge in [-0.1, -0.05) is 6.08 Å². The molecule has 0 bridgehead atoms. The Balaban J connectivity index is 2.06. The van der Waals surface area contributed by atoms with Crippen LogP contribution in [-0.2, 0) is 14.3 Å². The van der Waals surface area contributed by atoms with Crippen molar-refractivity contribution in [2.75, 3.05) is 13.7 Å². The smallest absolute Gasteiger partial charge is 0.330 e. The van der Waals surface area contributed by atoms with Crippen LogP contribution in [0.2, 0.25) is 0 Å². The highest BCUT2D eigenvalue weighted by molar-refractivity contribution is 6.44. The van der Waals surface area contributed by atoms with Gasteiger partial charge in [0.05, 0.1) is 12.7 Å². The third-order valence-corrected chi connectivity index (χ3v) is 2.93. The standard InChI is InChI=1S/C15H13FN2O4/c1-22-13(19)3-2-6-17-15(21)14(20)11-8-18-12-5-4-9(16)7-10(11)12/h2-5,7-8,18H,6H2,1H3,(H,17,21)/b3-2+. The number of fused-ring (bicyclic) bond motifs is 1. The zero-order valence-electron chi connectivity index (χ0n) is 11.7. The number of halogens is 1. The van der Waals surface area contributed by atoms with E-state index in [1.807, 2.05) is 0 Å². The molecule has 0 atom stereocenters. The molecule has 0 aliphatic heterocycles. The van der Waals surface area contributed by atoms with Gasteiger partial charge in [0.15, 0.2) is 0 Å². The van der Waals surface area contributed by atoms with E-state index < -0.39 is 23.5 Å². The van der Waals surface area contributed by atoms with E-state index in [0.29, 0.717) is 10.9 Å². The Labute approximate surface area is 125 Å². The van der Waals surface area contributed by atoms with Crippen LogP contribution >= 0.6 is 0 Å². The van der Waals surface area contributed by atoms with Gasteiger partial charge in [-0.15, -0.1) is 0 Å². The van der Waals surface area contributed by atoms with Gasteiger partial charge in [-0.3, -0.25) is 9.59 Å². The first-order valence-corrected chi connectivity index (χ1v) is 6.36. The number of ketones is 1. The first-order chi connectivity index (χ1) is 10.5. The van der Waals surface area contributed by atoms with Crippen LogP contribution < -0.4 is 5.32 Å². The average molecular weight is 304 g/mol. The van der Waals surface area contributed by atoms with Crippen molar-refractivity contribution in [3.05, 3.63) is 47.9 Å². The Morgan fingerprint density at radius 1 is 1.36 bits per heavy atom.